The van der Waals surface area contributed by atoms with Gasteiger partial charge in [0.25, 0.3) is 0 Å². The molecule has 0 bridgehead atoms. The first kappa shape index (κ1) is 19.3. The Bertz CT molecular complexity index is 1370. The van der Waals surface area contributed by atoms with E-state index in [1.807, 2.05) is 4.57 Å². The Hall–Kier alpha value is -2.67. The Kier molecular flexibility index (Phi) is 4.85. The third-order valence-electron chi connectivity index (χ3n) is 5.11. The SMILES string of the molecule is Cc1ccc(-c2ccc(Cn3c(C(=O)O)cc4sc(-c5ccc(C)s5)cc43)cc2)s1. The second kappa shape index (κ2) is 7.54. The van der Waals surface area contributed by atoms with E-state index in [0.29, 0.717) is 12.2 Å². The van der Waals surface area contributed by atoms with E-state index in [1.54, 1.807) is 40.1 Å². The van der Waals surface area contributed by atoms with Crippen molar-refractivity contribution in [2.45, 2.75) is 20.4 Å². The minimum atomic E-state index is -0.891. The highest BCUT2D eigenvalue weighted by Crippen LogP contribution is 2.39. The maximum atomic E-state index is 11.9. The number of aryl methyl sites for hydroxylation is 2. The van der Waals surface area contributed by atoms with Gasteiger partial charge in [0.1, 0.15) is 5.69 Å². The fraction of sp³-hybridized carbons (Fsp3) is 0.125. The number of nitrogens with zero attached hydrogens (tertiary/aromatic N) is 1. The summed E-state index contributed by atoms with van der Waals surface area (Å²) in [6.45, 7) is 4.75. The minimum Gasteiger partial charge on any atom is -0.477 e. The van der Waals surface area contributed by atoms with Gasteiger partial charge >= 0.3 is 5.97 Å². The molecular formula is C24H19NO2S3. The Balaban J connectivity index is 1.51. The lowest BCUT2D eigenvalue weighted by Gasteiger charge is -2.09. The van der Waals surface area contributed by atoms with Crippen LogP contribution >= 0.6 is 34.0 Å². The fourth-order valence-corrected chi connectivity index (χ4v) is 6.55. The quantitative estimate of drug-likeness (QED) is 0.301. The number of carboxylic acid groups (broad SMARTS) is 1. The Morgan fingerprint density at radius 2 is 1.50 bits per heavy atom. The molecule has 0 saturated heterocycles. The van der Waals surface area contributed by atoms with Gasteiger partial charge in [-0.15, -0.1) is 34.0 Å². The molecule has 0 atom stereocenters. The maximum Gasteiger partial charge on any atom is 0.352 e. The Labute approximate surface area is 186 Å². The molecule has 0 spiro atoms. The van der Waals surface area contributed by atoms with Crippen molar-refractivity contribution < 1.29 is 9.90 Å². The molecule has 0 aliphatic rings. The molecule has 0 amide bonds. The van der Waals surface area contributed by atoms with Crippen LogP contribution in [-0.2, 0) is 6.54 Å². The molecule has 0 radical (unpaired) electrons. The number of aromatic carboxylic acids is 1. The average molecular weight is 450 g/mol. The van der Waals surface area contributed by atoms with Crippen LogP contribution in [0.1, 0.15) is 25.8 Å². The normalized spacial score (nSPS) is 11.4. The molecule has 0 aliphatic carbocycles. The van der Waals surface area contributed by atoms with E-state index >= 15 is 0 Å². The van der Waals surface area contributed by atoms with Gasteiger partial charge in [-0.2, -0.15) is 0 Å². The summed E-state index contributed by atoms with van der Waals surface area (Å²) in [7, 11) is 0. The lowest BCUT2D eigenvalue weighted by atomic mass is 10.1. The number of fused-ring (bicyclic) bond motifs is 1. The molecule has 1 N–H and O–H groups in total. The van der Waals surface area contributed by atoms with Crippen molar-refractivity contribution in [1.29, 1.82) is 0 Å². The van der Waals surface area contributed by atoms with E-state index in [-0.39, 0.29) is 0 Å². The molecule has 3 nitrogen and oxygen atoms in total. The first-order chi connectivity index (χ1) is 14.5. The lowest BCUT2D eigenvalue weighted by Crippen LogP contribution is -2.09. The van der Waals surface area contributed by atoms with Crippen molar-refractivity contribution in [3.05, 3.63) is 81.7 Å². The number of carboxylic acids is 1. The van der Waals surface area contributed by atoms with E-state index in [9.17, 15) is 9.90 Å². The number of hydrogen-bond acceptors (Lipinski definition) is 4. The third-order valence-corrected chi connectivity index (χ3v) is 8.43. The zero-order chi connectivity index (χ0) is 20.8. The smallest absolute Gasteiger partial charge is 0.352 e. The fourth-order valence-electron chi connectivity index (χ4n) is 3.62. The number of carbonyl (C=O) groups is 1. The summed E-state index contributed by atoms with van der Waals surface area (Å²) in [4.78, 5) is 18.1. The van der Waals surface area contributed by atoms with E-state index in [2.05, 4.69) is 68.4 Å². The monoisotopic (exact) mass is 449 g/mol. The van der Waals surface area contributed by atoms with E-state index in [0.717, 1.165) is 15.8 Å². The summed E-state index contributed by atoms with van der Waals surface area (Å²) in [5.41, 5.74) is 3.60. The van der Waals surface area contributed by atoms with Gasteiger partial charge in [-0.1, -0.05) is 24.3 Å². The topological polar surface area (TPSA) is 42.2 Å². The summed E-state index contributed by atoms with van der Waals surface area (Å²) in [5, 5.41) is 9.74. The van der Waals surface area contributed by atoms with Crippen LogP contribution in [0.2, 0.25) is 0 Å². The second-order valence-corrected chi connectivity index (χ2v) is 11.0. The molecule has 6 heteroatoms. The molecule has 0 saturated carbocycles. The molecular weight excluding hydrogens is 430 g/mol. The van der Waals surface area contributed by atoms with Crippen LogP contribution in [0.25, 0.3) is 30.4 Å². The van der Waals surface area contributed by atoms with Crippen molar-refractivity contribution in [2.24, 2.45) is 0 Å². The van der Waals surface area contributed by atoms with Gasteiger partial charge in [-0.25, -0.2) is 4.79 Å². The predicted octanol–water partition coefficient (Wildman–Crippen LogP) is 7.52. The molecule has 0 aliphatic heterocycles. The summed E-state index contributed by atoms with van der Waals surface area (Å²) >= 11 is 5.21. The summed E-state index contributed by atoms with van der Waals surface area (Å²) in [5.74, 6) is -0.891. The molecule has 5 rings (SSSR count). The second-order valence-electron chi connectivity index (χ2n) is 7.30. The number of hydrogen-bond donors (Lipinski definition) is 1. The minimum absolute atomic E-state index is 0.336. The average Bonchev–Trinajstić information content (AvgIpc) is 3.47. The first-order valence-electron chi connectivity index (χ1n) is 9.57. The maximum absolute atomic E-state index is 11.9. The van der Waals surface area contributed by atoms with Crippen LogP contribution in [-0.4, -0.2) is 15.6 Å². The standard InChI is InChI=1S/C24H19NO2S3/c1-14-3-9-20(28-14)17-7-5-16(6-8-17)13-25-18-11-23(21-10-4-15(2)29-21)30-22(18)12-19(25)24(26)27/h3-12H,13H2,1-2H3,(H,26,27). The van der Waals surface area contributed by atoms with Crippen molar-refractivity contribution >= 4 is 50.2 Å². The largest absolute Gasteiger partial charge is 0.477 e. The molecule has 150 valence electrons. The van der Waals surface area contributed by atoms with Crippen LogP contribution in [0.3, 0.4) is 0 Å². The van der Waals surface area contributed by atoms with E-state index in [4.69, 9.17) is 0 Å². The predicted molar refractivity (Wildman–Crippen MR) is 128 cm³/mol. The first-order valence-corrected chi connectivity index (χ1v) is 12.0. The number of aromatic nitrogens is 1. The Morgan fingerprint density at radius 3 is 2.10 bits per heavy atom. The van der Waals surface area contributed by atoms with Gasteiger partial charge in [0, 0.05) is 30.9 Å². The van der Waals surface area contributed by atoms with Gasteiger partial charge in [-0.3, -0.25) is 0 Å². The molecule has 0 unspecified atom stereocenters. The highest BCUT2D eigenvalue weighted by molar-refractivity contribution is 7.26. The number of rotatable bonds is 5. The molecule has 30 heavy (non-hydrogen) atoms. The summed E-state index contributed by atoms with van der Waals surface area (Å²) in [6.07, 6.45) is 0. The molecule has 1 aromatic carbocycles. The molecule has 0 fully saturated rings. The van der Waals surface area contributed by atoms with Gasteiger partial charge in [0.2, 0.25) is 0 Å². The van der Waals surface area contributed by atoms with Crippen molar-refractivity contribution in [1.82, 2.24) is 4.57 Å². The van der Waals surface area contributed by atoms with Crippen LogP contribution in [0.5, 0.6) is 0 Å². The molecule has 4 heterocycles. The van der Waals surface area contributed by atoms with E-state index in [1.165, 1.54) is 29.9 Å². The van der Waals surface area contributed by atoms with Crippen molar-refractivity contribution in [3.63, 3.8) is 0 Å². The summed E-state index contributed by atoms with van der Waals surface area (Å²) in [6, 6.07) is 20.9. The lowest BCUT2D eigenvalue weighted by molar-refractivity contribution is 0.0686. The molecule has 4 aromatic heterocycles. The summed E-state index contributed by atoms with van der Waals surface area (Å²) < 4.78 is 2.93. The van der Waals surface area contributed by atoms with E-state index < -0.39 is 5.97 Å². The highest BCUT2D eigenvalue weighted by atomic mass is 32.1. The zero-order valence-corrected chi connectivity index (χ0v) is 19.0. The van der Waals surface area contributed by atoms with Crippen LogP contribution in [0.4, 0.5) is 0 Å². The van der Waals surface area contributed by atoms with Gasteiger partial charge in [-0.05, 0) is 61.4 Å². The zero-order valence-electron chi connectivity index (χ0n) is 16.5. The molecule has 5 aromatic rings. The van der Waals surface area contributed by atoms with Crippen molar-refractivity contribution in [3.8, 4) is 20.2 Å². The van der Waals surface area contributed by atoms with Gasteiger partial charge in [0.15, 0.2) is 0 Å². The van der Waals surface area contributed by atoms with Crippen LogP contribution < -0.4 is 0 Å². The number of benzene rings is 1. The number of thiophene rings is 3. The van der Waals surface area contributed by atoms with Crippen molar-refractivity contribution in [2.75, 3.05) is 0 Å². The van der Waals surface area contributed by atoms with Crippen LogP contribution in [0, 0.1) is 13.8 Å². The highest BCUT2D eigenvalue weighted by Gasteiger charge is 2.18. The van der Waals surface area contributed by atoms with Gasteiger partial charge < -0.3 is 9.67 Å². The third kappa shape index (κ3) is 3.51. The van der Waals surface area contributed by atoms with Gasteiger partial charge in [0.05, 0.1) is 10.2 Å². The Morgan fingerprint density at radius 1 is 0.833 bits per heavy atom. The van der Waals surface area contributed by atoms with Crippen LogP contribution in [0.15, 0.2) is 60.7 Å².